The summed E-state index contributed by atoms with van der Waals surface area (Å²) in [7, 11) is 3.50. The molecular formula is C9H16O2. The topological polar surface area (TPSA) is 18.5 Å². The third kappa shape index (κ3) is 2.31. The van der Waals surface area contributed by atoms with Crippen LogP contribution in [0.5, 0.6) is 0 Å². The van der Waals surface area contributed by atoms with E-state index in [1.54, 1.807) is 14.2 Å². The van der Waals surface area contributed by atoms with Crippen LogP contribution < -0.4 is 0 Å². The van der Waals surface area contributed by atoms with E-state index in [0.29, 0.717) is 12.0 Å². The molecule has 0 amide bonds. The van der Waals surface area contributed by atoms with Gasteiger partial charge in [-0.05, 0) is 18.8 Å². The number of hydrogen-bond acceptors (Lipinski definition) is 2. The van der Waals surface area contributed by atoms with Crippen LogP contribution in [0.4, 0.5) is 0 Å². The lowest BCUT2D eigenvalue weighted by molar-refractivity contribution is 0.0783. The van der Waals surface area contributed by atoms with Gasteiger partial charge in [0.05, 0.1) is 6.10 Å². The molecule has 11 heavy (non-hydrogen) atoms. The summed E-state index contributed by atoms with van der Waals surface area (Å²) >= 11 is 0. The molecule has 1 aliphatic carbocycles. The average Bonchev–Trinajstić information content (AvgIpc) is 2.47. The minimum Gasteiger partial charge on any atom is -0.385 e. The van der Waals surface area contributed by atoms with Crippen LogP contribution in [0.25, 0.3) is 0 Å². The van der Waals surface area contributed by atoms with E-state index in [1.807, 2.05) is 0 Å². The normalized spacial score (nSPS) is 29.6. The molecule has 0 saturated carbocycles. The molecule has 0 aliphatic heterocycles. The highest BCUT2D eigenvalue weighted by Crippen LogP contribution is 2.23. The standard InChI is InChI=1S/C9H16O2/c1-10-7-6-8-4-3-5-9(8)11-2/h3,5,8-9H,4,6-7H2,1-2H3/t8-,9-/m0/s1. The number of rotatable bonds is 4. The molecule has 0 aromatic rings. The second kappa shape index (κ2) is 4.52. The van der Waals surface area contributed by atoms with Crippen LogP contribution in [0.15, 0.2) is 12.2 Å². The van der Waals surface area contributed by atoms with Crippen molar-refractivity contribution in [3.05, 3.63) is 12.2 Å². The van der Waals surface area contributed by atoms with E-state index in [-0.39, 0.29) is 0 Å². The van der Waals surface area contributed by atoms with Gasteiger partial charge in [-0.3, -0.25) is 0 Å². The van der Waals surface area contributed by atoms with Gasteiger partial charge in [-0.25, -0.2) is 0 Å². The zero-order valence-electron chi connectivity index (χ0n) is 7.25. The van der Waals surface area contributed by atoms with Gasteiger partial charge in [-0.1, -0.05) is 12.2 Å². The van der Waals surface area contributed by atoms with Crippen LogP contribution in [-0.4, -0.2) is 26.9 Å². The first-order valence-corrected chi connectivity index (χ1v) is 4.07. The SMILES string of the molecule is COCC[C@@H]1CC=C[C@@H]1OC. The highest BCUT2D eigenvalue weighted by molar-refractivity contribution is 5.02. The molecule has 1 aliphatic rings. The molecule has 0 saturated heterocycles. The van der Waals surface area contributed by atoms with Crippen LogP contribution in [0.3, 0.4) is 0 Å². The first-order chi connectivity index (χ1) is 5.38. The van der Waals surface area contributed by atoms with E-state index in [1.165, 1.54) is 0 Å². The molecule has 0 bridgehead atoms. The molecule has 0 heterocycles. The fraction of sp³-hybridized carbons (Fsp3) is 0.778. The van der Waals surface area contributed by atoms with Crippen molar-refractivity contribution in [2.45, 2.75) is 18.9 Å². The lowest BCUT2D eigenvalue weighted by Crippen LogP contribution is -2.17. The van der Waals surface area contributed by atoms with Gasteiger partial charge < -0.3 is 9.47 Å². The van der Waals surface area contributed by atoms with E-state index < -0.39 is 0 Å². The molecule has 0 unspecified atom stereocenters. The second-order valence-electron chi connectivity index (χ2n) is 2.91. The van der Waals surface area contributed by atoms with Gasteiger partial charge in [-0.15, -0.1) is 0 Å². The summed E-state index contributed by atoms with van der Waals surface area (Å²) in [4.78, 5) is 0. The number of hydrogen-bond donors (Lipinski definition) is 0. The third-order valence-corrected chi connectivity index (χ3v) is 2.19. The van der Waals surface area contributed by atoms with Crippen molar-refractivity contribution in [1.82, 2.24) is 0 Å². The van der Waals surface area contributed by atoms with Crippen LogP contribution in [0, 0.1) is 5.92 Å². The third-order valence-electron chi connectivity index (χ3n) is 2.19. The van der Waals surface area contributed by atoms with Gasteiger partial charge in [0.1, 0.15) is 0 Å². The quantitative estimate of drug-likeness (QED) is 0.576. The molecule has 0 N–H and O–H groups in total. The molecule has 0 aromatic carbocycles. The minimum atomic E-state index is 0.324. The number of methoxy groups -OCH3 is 2. The van der Waals surface area contributed by atoms with E-state index in [9.17, 15) is 0 Å². The summed E-state index contributed by atoms with van der Waals surface area (Å²) in [5.74, 6) is 0.639. The summed E-state index contributed by atoms with van der Waals surface area (Å²) in [5.41, 5.74) is 0. The first kappa shape index (κ1) is 8.75. The molecular weight excluding hydrogens is 140 g/mol. The first-order valence-electron chi connectivity index (χ1n) is 4.07. The fourth-order valence-electron chi connectivity index (χ4n) is 1.50. The summed E-state index contributed by atoms with van der Waals surface area (Å²) < 4.78 is 10.3. The summed E-state index contributed by atoms with van der Waals surface area (Å²) in [5, 5.41) is 0. The van der Waals surface area contributed by atoms with Crippen molar-refractivity contribution in [2.24, 2.45) is 5.92 Å². The average molecular weight is 156 g/mol. The minimum absolute atomic E-state index is 0.324. The molecule has 0 radical (unpaired) electrons. The maximum atomic E-state index is 5.28. The smallest absolute Gasteiger partial charge is 0.0783 e. The monoisotopic (exact) mass is 156 g/mol. The summed E-state index contributed by atoms with van der Waals surface area (Å²) in [6.07, 6.45) is 6.89. The van der Waals surface area contributed by atoms with Gasteiger partial charge in [0, 0.05) is 20.8 Å². The molecule has 2 heteroatoms. The van der Waals surface area contributed by atoms with Crippen molar-refractivity contribution < 1.29 is 9.47 Å². The molecule has 0 spiro atoms. The number of allylic oxidation sites excluding steroid dienone is 1. The largest absolute Gasteiger partial charge is 0.385 e. The van der Waals surface area contributed by atoms with Crippen molar-refractivity contribution in [3.63, 3.8) is 0 Å². The van der Waals surface area contributed by atoms with Crippen LogP contribution in [0.1, 0.15) is 12.8 Å². The Bertz CT molecular complexity index is 132. The predicted molar refractivity (Wildman–Crippen MR) is 44.5 cm³/mol. The Morgan fingerprint density at radius 1 is 1.45 bits per heavy atom. The Morgan fingerprint density at radius 3 is 2.91 bits per heavy atom. The molecule has 1 rings (SSSR count). The molecule has 0 aromatic heterocycles. The van der Waals surface area contributed by atoms with Crippen molar-refractivity contribution >= 4 is 0 Å². The van der Waals surface area contributed by atoms with Crippen molar-refractivity contribution in [3.8, 4) is 0 Å². The predicted octanol–water partition coefficient (Wildman–Crippen LogP) is 1.61. The van der Waals surface area contributed by atoms with E-state index in [4.69, 9.17) is 9.47 Å². The van der Waals surface area contributed by atoms with Gasteiger partial charge in [0.25, 0.3) is 0 Å². The Kier molecular flexibility index (Phi) is 3.60. The maximum Gasteiger partial charge on any atom is 0.0783 e. The lowest BCUT2D eigenvalue weighted by Gasteiger charge is -2.16. The van der Waals surface area contributed by atoms with Crippen molar-refractivity contribution in [1.29, 1.82) is 0 Å². The summed E-state index contributed by atoms with van der Waals surface area (Å²) in [6, 6.07) is 0. The highest BCUT2D eigenvalue weighted by atomic mass is 16.5. The Labute approximate surface area is 68.2 Å². The molecule has 2 atom stereocenters. The fourth-order valence-corrected chi connectivity index (χ4v) is 1.50. The molecule has 0 fully saturated rings. The van der Waals surface area contributed by atoms with Crippen LogP contribution in [-0.2, 0) is 9.47 Å². The van der Waals surface area contributed by atoms with Gasteiger partial charge >= 0.3 is 0 Å². The van der Waals surface area contributed by atoms with Gasteiger partial charge in [0.15, 0.2) is 0 Å². The number of ether oxygens (including phenoxy) is 2. The van der Waals surface area contributed by atoms with E-state index >= 15 is 0 Å². The highest BCUT2D eigenvalue weighted by Gasteiger charge is 2.21. The second-order valence-corrected chi connectivity index (χ2v) is 2.91. The zero-order valence-corrected chi connectivity index (χ0v) is 7.25. The Balaban J connectivity index is 2.23. The molecule has 2 nitrogen and oxygen atoms in total. The van der Waals surface area contributed by atoms with Gasteiger partial charge in [0.2, 0.25) is 0 Å². The lowest BCUT2D eigenvalue weighted by atomic mass is 10.0. The van der Waals surface area contributed by atoms with Crippen molar-refractivity contribution in [2.75, 3.05) is 20.8 Å². The van der Waals surface area contributed by atoms with Crippen LogP contribution in [0.2, 0.25) is 0 Å². The molecule has 64 valence electrons. The van der Waals surface area contributed by atoms with Gasteiger partial charge in [-0.2, -0.15) is 0 Å². The Morgan fingerprint density at radius 2 is 2.27 bits per heavy atom. The maximum absolute atomic E-state index is 5.28. The van der Waals surface area contributed by atoms with E-state index in [0.717, 1.165) is 19.4 Å². The Hall–Kier alpha value is -0.340. The van der Waals surface area contributed by atoms with Crippen LogP contribution >= 0.6 is 0 Å². The summed E-state index contributed by atoms with van der Waals surface area (Å²) in [6.45, 7) is 0.839. The zero-order chi connectivity index (χ0) is 8.10. The van der Waals surface area contributed by atoms with E-state index in [2.05, 4.69) is 12.2 Å².